The molecule has 1 heterocycles. The summed E-state index contributed by atoms with van der Waals surface area (Å²) < 4.78 is 5.38. The van der Waals surface area contributed by atoms with Gasteiger partial charge < -0.3 is 9.64 Å². The monoisotopic (exact) mass is 255 g/mol. The van der Waals surface area contributed by atoms with Crippen LogP contribution in [0.25, 0.3) is 0 Å². The van der Waals surface area contributed by atoms with Crippen molar-refractivity contribution >= 4 is 11.9 Å². The predicted octanol–water partition coefficient (Wildman–Crippen LogP) is 2.37. The third-order valence-corrected chi connectivity index (χ3v) is 2.83. The van der Waals surface area contributed by atoms with E-state index in [4.69, 9.17) is 4.74 Å². The van der Waals surface area contributed by atoms with Gasteiger partial charge >= 0.3 is 5.97 Å². The third kappa shape index (κ3) is 3.72. The molecule has 4 nitrogen and oxygen atoms in total. The zero-order chi connectivity index (χ0) is 14.1. The van der Waals surface area contributed by atoms with Crippen molar-refractivity contribution in [3.63, 3.8) is 0 Å². The van der Waals surface area contributed by atoms with Gasteiger partial charge in [-0.3, -0.25) is 4.79 Å². The molecule has 0 bridgehead atoms. The molecular formula is C14H25NO3. The number of hydrogen-bond donors (Lipinski definition) is 0. The number of rotatable bonds is 1. The molecule has 1 aliphatic heterocycles. The van der Waals surface area contributed by atoms with Crippen LogP contribution in [0.4, 0.5) is 0 Å². The smallest absolute Gasteiger partial charge is 0.329 e. The number of nitrogens with zero attached hydrogens (tertiary/aromatic N) is 1. The van der Waals surface area contributed by atoms with Crippen molar-refractivity contribution in [3.8, 4) is 0 Å². The van der Waals surface area contributed by atoms with Crippen molar-refractivity contribution in [2.75, 3.05) is 6.54 Å². The Bertz CT molecular complexity index is 336. The second-order valence-corrected chi connectivity index (χ2v) is 6.94. The van der Waals surface area contributed by atoms with Crippen molar-refractivity contribution < 1.29 is 14.3 Å². The number of amides is 1. The number of likely N-dealkylation sites (tertiary alicyclic amines) is 1. The van der Waals surface area contributed by atoms with Gasteiger partial charge in [0.05, 0.1) is 0 Å². The summed E-state index contributed by atoms with van der Waals surface area (Å²) in [5.74, 6) is -0.256. The fourth-order valence-corrected chi connectivity index (χ4v) is 2.06. The molecule has 0 aromatic heterocycles. The second kappa shape index (κ2) is 4.90. The highest BCUT2D eigenvalue weighted by atomic mass is 16.6. The number of esters is 1. The summed E-state index contributed by atoms with van der Waals surface area (Å²) in [6.07, 6.45) is 1.57. The van der Waals surface area contributed by atoms with E-state index in [1.165, 1.54) is 0 Å². The minimum Gasteiger partial charge on any atom is -0.458 e. The van der Waals surface area contributed by atoms with E-state index in [1.54, 1.807) is 4.90 Å². The Morgan fingerprint density at radius 3 is 2.11 bits per heavy atom. The first-order valence-electron chi connectivity index (χ1n) is 6.56. The van der Waals surface area contributed by atoms with Gasteiger partial charge in [0.1, 0.15) is 11.6 Å². The summed E-state index contributed by atoms with van der Waals surface area (Å²) in [7, 11) is 0. The van der Waals surface area contributed by atoms with Crippen LogP contribution < -0.4 is 0 Å². The Morgan fingerprint density at radius 1 is 1.11 bits per heavy atom. The Hall–Kier alpha value is -1.06. The van der Waals surface area contributed by atoms with Gasteiger partial charge in [0.25, 0.3) is 0 Å². The zero-order valence-electron chi connectivity index (χ0n) is 12.4. The van der Waals surface area contributed by atoms with Gasteiger partial charge in [-0.2, -0.15) is 0 Å². The number of carbonyl (C=O) groups excluding carboxylic acids is 2. The van der Waals surface area contributed by atoms with Gasteiger partial charge in [0, 0.05) is 12.0 Å². The van der Waals surface area contributed by atoms with E-state index in [0.29, 0.717) is 13.0 Å². The van der Waals surface area contributed by atoms with Crippen molar-refractivity contribution in [1.29, 1.82) is 0 Å². The summed E-state index contributed by atoms with van der Waals surface area (Å²) in [5, 5.41) is 0. The standard InChI is InChI=1S/C14H25NO3/c1-13(2,3)12(17)15-9-7-8-10(15)11(16)18-14(4,5)6/h10H,7-9H2,1-6H3/t10-/m1/s1. The van der Waals surface area contributed by atoms with E-state index in [2.05, 4.69) is 0 Å². The Balaban J connectivity index is 2.77. The van der Waals surface area contributed by atoms with Gasteiger partial charge in [-0.15, -0.1) is 0 Å². The third-order valence-electron chi connectivity index (χ3n) is 2.83. The van der Waals surface area contributed by atoms with Gasteiger partial charge in [0.2, 0.25) is 5.91 Å². The van der Waals surface area contributed by atoms with Gasteiger partial charge in [-0.05, 0) is 33.6 Å². The first kappa shape index (κ1) is 15.0. The molecule has 1 atom stereocenters. The lowest BCUT2D eigenvalue weighted by Gasteiger charge is -2.31. The van der Waals surface area contributed by atoms with Crippen molar-refractivity contribution in [1.82, 2.24) is 4.90 Å². The minimum atomic E-state index is -0.504. The van der Waals surface area contributed by atoms with Crippen LogP contribution in [0, 0.1) is 5.41 Å². The molecule has 0 unspecified atom stereocenters. The Kier molecular flexibility index (Phi) is 4.08. The summed E-state index contributed by atoms with van der Waals surface area (Å²) in [6.45, 7) is 11.8. The molecule has 18 heavy (non-hydrogen) atoms. The minimum absolute atomic E-state index is 0.0239. The van der Waals surface area contributed by atoms with E-state index in [0.717, 1.165) is 6.42 Å². The second-order valence-electron chi connectivity index (χ2n) is 6.94. The molecule has 0 aromatic rings. The molecule has 0 saturated carbocycles. The van der Waals surface area contributed by atoms with Crippen LogP contribution in [-0.2, 0) is 14.3 Å². The van der Waals surface area contributed by atoms with E-state index in [9.17, 15) is 9.59 Å². The fourth-order valence-electron chi connectivity index (χ4n) is 2.06. The Morgan fingerprint density at radius 2 is 1.67 bits per heavy atom. The molecule has 0 spiro atoms. The first-order chi connectivity index (χ1) is 8.02. The van der Waals surface area contributed by atoms with E-state index in [1.807, 2.05) is 41.5 Å². The van der Waals surface area contributed by atoms with Crippen LogP contribution in [0.3, 0.4) is 0 Å². The first-order valence-corrected chi connectivity index (χ1v) is 6.56. The molecule has 0 N–H and O–H groups in total. The summed E-state index contributed by atoms with van der Waals surface area (Å²) in [5.41, 5.74) is -0.958. The quantitative estimate of drug-likeness (QED) is 0.676. The highest BCUT2D eigenvalue weighted by Crippen LogP contribution is 2.27. The van der Waals surface area contributed by atoms with E-state index >= 15 is 0 Å². The molecule has 1 saturated heterocycles. The summed E-state index contributed by atoms with van der Waals surface area (Å²) >= 11 is 0. The molecule has 1 aliphatic rings. The molecule has 0 aromatic carbocycles. The van der Waals surface area contributed by atoms with Crippen LogP contribution in [0.15, 0.2) is 0 Å². The molecular weight excluding hydrogens is 230 g/mol. The fraction of sp³-hybridized carbons (Fsp3) is 0.857. The van der Waals surface area contributed by atoms with Crippen LogP contribution in [0.2, 0.25) is 0 Å². The molecule has 1 fully saturated rings. The highest BCUT2D eigenvalue weighted by Gasteiger charge is 2.40. The maximum absolute atomic E-state index is 12.3. The number of carbonyl (C=O) groups is 2. The molecule has 0 aliphatic carbocycles. The van der Waals surface area contributed by atoms with Crippen molar-refractivity contribution in [2.24, 2.45) is 5.41 Å². The normalized spacial score (nSPS) is 21.0. The van der Waals surface area contributed by atoms with Crippen molar-refractivity contribution in [2.45, 2.75) is 66.0 Å². The van der Waals surface area contributed by atoms with Crippen LogP contribution >= 0.6 is 0 Å². The molecule has 104 valence electrons. The van der Waals surface area contributed by atoms with Gasteiger partial charge in [-0.25, -0.2) is 4.79 Å². The predicted molar refractivity (Wildman–Crippen MR) is 70.0 cm³/mol. The molecule has 0 radical (unpaired) electrons. The largest absolute Gasteiger partial charge is 0.458 e. The molecule has 1 rings (SSSR count). The zero-order valence-corrected chi connectivity index (χ0v) is 12.4. The average Bonchev–Trinajstić information content (AvgIpc) is 2.60. The molecule has 1 amide bonds. The summed E-state index contributed by atoms with van der Waals surface area (Å²) in [4.78, 5) is 26.0. The van der Waals surface area contributed by atoms with Crippen LogP contribution in [0.1, 0.15) is 54.4 Å². The average molecular weight is 255 g/mol. The number of hydrogen-bond acceptors (Lipinski definition) is 3. The van der Waals surface area contributed by atoms with Gasteiger partial charge in [-0.1, -0.05) is 20.8 Å². The molecule has 4 heteroatoms. The van der Waals surface area contributed by atoms with Crippen molar-refractivity contribution in [3.05, 3.63) is 0 Å². The maximum Gasteiger partial charge on any atom is 0.329 e. The number of ether oxygens (including phenoxy) is 1. The van der Waals surface area contributed by atoms with E-state index < -0.39 is 17.1 Å². The maximum atomic E-state index is 12.3. The van der Waals surface area contributed by atoms with E-state index in [-0.39, 0.29) is 11.9 Å². The summed E-state index contributed by atoms with van der Waals surface area (Å²) in [6, 6.07) is -0.407. The lowest BCUT2D eigenvalue weighted by molar-refractivity contribution is -0.164. The highest BCUT2D eigenvalue weighted by molar-refractivity contribution is 5.88. The lowest BCUT2D eigenvalue weighted by atomic mass is 9.94. The lowest BCUT2D eigenvalue weighted by Crippen LogP contribution is -2.47. The van der Waals surface area contributed by atoms with Gasteiger partial charge in [0.15, 0.2) is 0 Å². The topological polar surface area (TPSA) is 46.6 Å². The van der Waals surface area contributed by atoms with Crippen LogP contribution in [0.5, 0.6) is 0 Å². The SMILES string of the molecule is CC(C)(C)OC(=O)[C@H]1CCCN1C(=O)C(C)(C)C. The Labute approximate surface area is 110 Å². The van der Waals surface area contributed by atoms with Crippen LogP contribution in [-0.4, -0.2) is 35.0 Å².